The molecule has 0 saturated carbocycles. The van der Waals surface area contributed by atoms with Gasteiger partial charge in [-0.1, -0.05) is 11.6 Å². The van der Waals surface area contributed by atoms with Crippen LogP contribution in [0.4, 0.5) is 4.79 Å². The van der Waals surface area contributed by atoms with Crippen LogP contribution in [-0.4, -0.2) is 43.3 Å². The van der Waals surface area contributed by atoms with Gasteiger partial charge in [-0.25, -0.2) is 4.79 Å². The number of amides is 1. The number of hydrogen-bond donors (Lipinski definition) is 3. The highest BCUT2D eigenvalue weighted by molar-refractivity contribution is 7.16. The molecule has 1 aromatic rings. The maximum Gasteiger partial charge on any atom is 0.408 e. The zero-order valence-electron chi connectivity index (χ0n) is 15.8. The Hall–Kier alpha value is -1.47. The van der Waals surface area contributed by atoms with Gasteiger partial charge in [-0.05, 0) is 53.2 Å². The predicted octanol–water partition coefficient (Wildman–Crippen LogP) is 3.41. The first-order chi connectivity index (χ1) is 11.5. The molecule has 1 amide bonds. The first-order valence-electron chi connectivity index (χ1n) is 8.21. The molecule has 0 aliphatic rings. The molecule has 0 radical (unpaired) electrons. The van der Waals surface area contributed by atoms with E-state index >= 15 is 0 Å². The summed E-state index contributed by atoms with van der Waals surface area (Å²) in [4.78, 5) is 17.3. The molecule has 1 heterocycles. The standard InChI is InChI=1S/C17H29ClN4O2S/c1-16(2,3)24-15(23)22-17(4,5)11-21-14(19-6)20-10-9-12-7-8-13(18)25-12/h7-8H,9-11H2,1-6H3,(H,22,23)(H2,19,20,21). The number of halogens is 1. The smallest absolute Gasteiger partial charge is 0.408 e. The van der Waals surface area contributed by atoms with Crippen molar-refractivity contribution in [1.29, 1.82) is 0 Å². The number of guanidine groups is 1. The Balaban J connectivity index is 2.38. The summed E-state index contributed by atoms with van der Waals surface area (Å²) in [6.07, 6.45) is 0.439. The fraction of sp³-hybridized carbons (Fsp3) is 0.647. The van der Waals surface area contributed by atoms with Crippen molar-refractivity contribution in [2.75, 3.05) is 20.1 Å². The summed E-state index contributed by atoms with van der Waals surface area (Å²) in [5.41, 5.74) is -1.00. The largest absolute Gasteiger partial charge is 0.444 e. The average molecular weight is 389 g/mol. The molecule has 142 valence electrons. The van der Waals surface area contributed by atoms with E-state index in [4.69, 9.17) is 16.3 Å². The SMILES string of the molecule is CN=C(NCCc1ccc(Cl)s1)NCC(C)(C)NC(=O)OC(C)(C)C. The molecule has 0 atom stereocenters. The third-order valence-electron chi connectivity index (χ3n) is 3.05. The van der Waals surface area contributed by atoms with Crippen LogP contribution in [0.5, 0.6) is 0 Å². The van der Waals surface area contributed by atoms with Gasteiger partial charge in [0.2, 0.25) is 0 Å². The van der Waals surface area contributed by atoms with Gasteiger partial charge >= 0.3 is 6.09 Å². The number of carbonyl (C=O) groups excluding carboxylic acids is 1. The molecule has 0 aliphatic carbocycles. The second kappa shape index (κ2) is 9.29. The molecule has 3 N–H and O–H groups in total. The third-order valence-corrected chi connectivity index (χ3v) is 4.34. The van der Waals surface area contributed by atoms with E-state index in [1.807, 2.05) is 46.8 Å². The van der Waals surface area contributed by atoms with Crippen LogP contribution in [0.15, 0.2) is 17.1 Å². The summed E-state index contributed by atoms with van der Waals surface area (Å²) < 4.78 is 6.09. The number of thiophene rings is 1. The van der Waals surface area contributed by atoms with E-state index in [0.717, 1.165) is 17.3 Å². The first-order valence-corrected chi connectivity index (χ1v) is 9.40. The van der Waals surface area contributed by atoms with E-state index in [2.05, 4.69) is 20.9 Å². The van der Waals surface area contributed by atoms with E-state index < -0.39 is 17.2 Å². The monoisotopic (exact) mass is 388 g/mol. The molecule has 0 spiro atoms. The highest BCUT2D eigenvalue weighted by Crippen LogP contribution is 2.21. The summed E-state index contributed by atoms with van der Waals surface area (Å²) in [7, 11) is 1.71. The zero-order chi connectivity index (χ0) is 19.1. The van der Waals surface area contributed by atoms with Crippen molar-refractivity contribution in [3.05, 3.63) is 21.3 Å². The molecule has 0 fully saturated rings. The van der Waals surface area contributed by atoms with Crippen LogP contribution >= 0.6 is 22.9 Å². The predicted molar refractivity (Wildman–Crippen MR) is 106 cm³/mol. The molecular formula is C17H29ClN4O2S. The van der Waals surface area contributed by atoms with Crippen LogP contribution in [0, 0.1) is 0 Å². The van der Waals surface area contributed by atoms with E-state index in [1.54, 1.807) is 18.4 Å². The molecule has 0 aliphatic heterocycles. The van der Waals surface area contributed by atoms with Crippen LogP contribution in [0.1, 0.15) is 39.5 Å². The van der Waals surface area contributed by atoms with Crippen LogP contribution in [-0.2, 0) is 11.2 Å². The van der Waals surface area contributed by atoms with Gasteiger partial charge in [0.1, 0.15) is 5.60 Å². The van der Waals surface area contributed by atoms with Gasteiger partial charge in [0.05, 0.1) is 9.88 Å². The van der Waals surface area contributed by atoms with Crippen molar-refractivity contribution in [3.63, 3.8) is 0 Å². The maximum absolute atomic E-state index is 11.9. The Kier molecular flexibility index (Phi) is 8.02. The van der Waals surface area contributed by atoms with Crippen molar-refractivity contribution in [2.24, 2.45) is 4.99 Å². The van der Waals surface area contributed by atoms with E-state index in [-0.39, 0.29) is 0 Å². The second-order valence-electron chi connectivity index (χ2n) is 7.32. The molecule has 0 bridgehead atoms. The van der Waals surface area contributed by atoms with E-state index in [0.29, 0.717) is 12.5 Å². The van der Waals surface area contributed by atoms with E-state index in [1.165, 1.54) is 4.88 Å². The van der Waals surface area contributed by atoms with Crippen molar-refractivity contribution >= 4 is 35.0 Å². The maximum atomic E-state index is 11.9. The van der Waals surface area contributed by atoms with Gasteiger partial charge in [-0.3, -0.25) is 4.99 Å². The van der Waals surface area contributed by atoms with Gasteiger partial charge in [-0.15, -0.1) is 11.3 Å². The Morgan fingerprint density at radius 2 is 1.92 bits per heavy atom. The lowest BCUT2D eigenvalue weighted by molar-refractivity contribution is 0.0474. The minimum atomic E-state index is -0.518. The van der Waals surface area contributed by atoms with Crippen molar-refractivity contribution < 1.29 is 9.53 Å². The van der Waals surface area contributed by atoms with Crippen LogP contribution in [0.25, 0.3) is 0 Å². The second-order valence-corrected chi connectivity index (χ2v) is 9.12. The Labute approximate surface area is 159 Å². The van der Waals surface area contributed by atoms with Gasteiger partial charge in [0.25, 0.3) is 0 Å². The zero-order valence-corrected chi connectivity index (χ0v) is 17.4. The number of alkyl carbamates (subject to hydrolysis) is 1. The average Bonchev–Trinajstić information content (AvgIpc) is 2.85. The number of carbonyl (C=O) groups is 1. The molecule has 0 saturated heterocycles. The third kappa shape index (κ3) is 9.55. The highest BCUT2D eigenvalue weighted by Gasteiger charge is 2.24. The van der Waals surface area contributed by atoms with Crippen molar-refractivity contribution in [2.45, 2.75) is 52.2 Å². The van der Waals surface area contributed by atoms with Crippen molar-refractivity contribution in [1.82, 2.24) is 16.0 Å². The summed E-state index contributed by atoms with van der Waals surface area (Å²) in [6, 6.07) is 3.93. The minimum absolute atomic E-state index is 0.433. The van der Waals surface area contributed by atoms with Gasteiger partial charge in [-0.2, -0.15) is 0 Å². The molecule has 0 unspecified atom stereocenters. The summed E-state index contributed by atoms with van der Waals surface area (Å²) >= 11 is 7.51. The molecular weight excluding hydrogens is 360 g/mol. The number of hydrogen-bond acceptors (Lipinski definition) is 4. The van der Waals surface area contributed by atoms with Gasteiger partial charge < -0.3 is 20.7 Å². The van der Waals surface area contributed by atoms with Crippen LogP contribution in [0.2, 0.25) is 4.34 Å². The van der Waals surface area contributed by atoms with Gasteiger partial charge in [0, 0.05) is 25.0 Å². The number of nitrogens with one attached hydrogen (secondary N) is 3. The topological polar surface area (TPSA) is 74.8 Å². The molecule has 1 rings (SSSR count). The molecule has 0 aromatic carbocycles. The lowest BCUT2D eigenvalue weighted by Crippen LogP contribution is -2.54. The van der Waals surface area contributed by atoms with Crippen molar-refractivity contribution in [3.8, 4) is 0 Å². The van der Waals surface area contributed by atoms with Crippen LogP contribution in [0.3, 0.4) is 0 Å². The Bertz CT molecular complexity index is 594. The lowest BCUT2D eigenvalue weighted by Gasteiger charge is -2.29. The Morgan fingerprint density at radius 1 is 1.24 bits per heavy atom. The number of rotatable bonds is 6. The first kappa shape index (κ1) is 21.6. The molecule has 6 nitrogen and oxygen atoms in total. The summed E-state index contributed by atoms with van der Waals surface area (Å²) in [6.45, 7) is 10.6. The minimum Gasteiger partial charge on any atom is -0.444 e. The van der Waals surface area contributed by atoms with Crippen LogP contribution < -0.4 is 16.0 Å². The highest BCUT2D eigenvalue weighted by atomic mass is 35.5. The summed E-state index contributed by atoms with van der Waals surface area (Å²) in [5, 5.41) is 9.32. The summed E-state index contributed by atoms with van der Waals surface area (Å²) in [5.74, 6) is 0.682. The van der Waals surface area contributed by atoms with E-state index in [9.17, 15) is 4.79 Å². The number of nitrogens with zero attached hydrogens (tertiary/aromatic N) is 1. The normalized spacial score (nSPS) is 12.7. The molecule has 1 aromatic heterocycles. The number of aliphatic imine (C=N–C) groups is 1. The molecule has 8 heteroatoms. The quantitative estimate of drug-likeness (QED) is 0.515. The fourth-order valence-corrected chi connectivity index (χ4v) is 3.03. The Morgan fingerprint density at radius 3 is 2.44 bits per heavy atom. The lowest BCUT2D eigenvalue weighted by atomic mass is 10.1. The fourth-order valence-electron chi connectivity index (χ4n) is 1.94. The number of ether oxygens (including phenoxy) is 1. The van der Waals surface area contributed by atoms with Gasteiger partial charge in [0.15, 0.2) is 5.96 Å². The molecule has 25 heavy (non-hydrogen) atoms.